The first-order valence-electron chi connectivity index (χ1n) is 6.97. The summed E-state index contributed by atoms with van der Waals surface area (Å²) in [5.74, 6) is 0.0196. The summed E-state index contributed by atoms with van der Waals surface area (Å²) in [6.07, 6.45) is -4.50. The van der Waals surface area contributed by atoms with Crippen LogP contribution in [-0.2, 0) is 12.7 Å². The molecule has 0 aliphatic rings. The van der Waals surface area contributed by atoms with E-state index in [-0.39, 0.29) is 12.1 Å². The SMILES string of the molecule is COc1ccc(Cl)cc1CN(C)C(=O)c1cccc(C(F)(F)F)c1. The van der Waals surface area contributed by atoms with Gasteiger partial charge in [0.25, 0.3) is 5.91 Å². The lowest BCUT2D eigenvalue weighted by atomic mass is 10.1. The van der Waals surface area contributed by atoms with Gasteiger partial charge in [0.1, 0.15) is 5.75 Å². The third-order valence-corrected chi connectivity index (χ3v) is 3.67. The summed E-state index contributed by atoms with van der Waals surface area (Å²) in [6, 6.07) is 9.30. The summed E-state index contributed by atoms with van der Waals surface area (Å²) in [6.45, 7) is 0.152. The Balaban J connectivity index is 2.23. The van der Waals surface area contributed by atoms with E-state index < -0.39 is 17.6 Å². The molecular formula is C17H15ClF3NO2. The summed E-state index contributed by atoms with van der Waals surface area (Å²) in [5, 5.41) is 0.478. The van der Waals surface area contributed by atoms with Gasteiger partial charge in [-0.1, -0.05) is 17.7 Å². The van der Waals surface area contributed by atoms with Crippen LogP contribution in [0.15, 0.2) is 42.5 Å². The van der Waals surface area contributed by atoms with E-state index in [1.807, 2.05) is 0 Å². The first-order chi connectivity index (χ1) is 11.2. The minimum absolute atomic E-state index is 0.0340. The van der Waals surface area contributed by atoms with Crippen LogP contribution in [-0.4, -0.2) is 25.0 Å². The molecule has 0 saturated heterocycles. The van der Waals surface area contributed by atoms with E-state index in [9.17, 15) is 18.0 Å². The molecule has 2 aromatic rings. The highest BCUT2D eigenvalue weighted by molar-refractivity contribution is 6.30. The Labute approximate surface area is 142 Å². The summed E-state index contributed by atoms with van der Waals surface area (Å²) in [4.78, 5) is 13.7. The zero-order chi connectivity index (χ0) is 17.9. The largest absolute Gasteiger partial charge is 0.496 e. The average molecular weight is 358 g/mol. The minimum Gasteiger partial charge on any atom is -0.496 e. The van der Waals surface area contributed by atoms with Gasteiger partial charge < -0.3 is 9.64 Å². The van der Waals surface area contributed by atoms with Gasteiger partial charge in [-0.05, 0) is 36.4 Å². The van der Waals surface area contributed by atoms with Crippen LogP contribution in [0.5, 0.6) is 5.75 Å². The fourth-order valence-electron chi connectivity index (χ4n) is 2.25. The third-order valence-electron chi connectivity index (χ3n) is 3.43. The molecule has 0 bridgehead atoms. The second-order valence-corrected chi connectivity index (χ2v) is 5.63. The van der Waals surface area contributed by atoms with Gasteiger partial charge >= 0.3 is 6.18 Å². The van der Waals surface area contributed by atoms with Crippen molar-refractivity contribution in [3.8, 4) is 5.75 Å². The highest BCUT2D eigenvalue weighted by atomic mass is 35.5. The number of methoxy groups -OCH3 is 1. The standard InChI is InChI=1S/C17H15ClF3NO2/c1-22(10-12-9-14(18)6-7-15(12)24-2)16(23)11-4-3-5-13(8-11)17(19,20)21/h3-9H,10H2,1-2H3. The Morgan fingerprint density at radius 2 is 1.92 bits per heavy atom. The summed E-state index contributed by atoms with van der Waals surface area (Å²) < 4.78 is 43.5. The number of benzene rings is 2. The highest BCUT2D eigenvalue weighted by Gasteiger charge is 2.31. The molecule has 0 heterocycles. The first kappa shape index (κ1) is 18.1. The fraction of sp³-hybridized carbons (Fsp3) is 0.235. The highest BCUT2D eigenvalue weighted by Crippen LogP contribution is 2.30. The molecule has 0 radical (unpaired) electrons. The van der Waals surface area contributed by atoms with Gasteiger partial charge in [0.2, 0.25) is 0 Å². The van der Waals surface area contributed by atoms with Gasteiger partial charge in [0.05, 0.1) is 12.7 Å². The molecule has 3 nitrogen and oxygen atoms in total. The van der Waals surface area contributed by atoms with Crippen LogP contribution in [0, 0.1) is 0 Å². The van der Waals surface area contributed by atoms with Crippen molar-refractivity contribution in [1.29, 1.82) is 0 Å². The van der Waals surface area contributed by atoms with E-state index in [0.29, 0.717) is 16.3 Å². The maximum atomic E-state index is 12.8. The van der Waals surface area contributed by atoms with E-state index >= 15 is 0 Å². The maximum absolute atomic E-state index is 12.8. The first-order valence-corrected chi connectivity index (χ1v) is 7.35. The molecule has 0 unspecified atom stereocenters. The number of alkyl halides is 3. The lowest BCUT2D eigenvalue weighted by molar-refractivity contribution is -0.137. The quantitative estimate of drug-likeness (QED) is 0.797. The van der Waals surface area contributed by atoms with Gasteiger partial charge in [-0.3, -0.25) is 4.79 Å². The average Bonchev–Trinajstić information content (AvgIpc) is 2.53. The molecule has 2 rings (SSSR count). The van der Waals surface area contributed by atoms with E-state index in [4.69, 9.17) is 16.3 Å². The molecule has 0 atom stereocenters. The van der Waals surface area contributed by atoms with Gasteiger partial charge in [0.15, 0.2) is 0 Å². The van der Waals surface area contributed by atoms with Gasteiger partial charge in [-0.25, -0.2) is 0 Å². The molecule has 7 heteroatoms. The van der Waals surface area contributed by atoms with Crippen molar-refractivity contribution in [3.05, 3.63) is 64.2 Å². The van der Waals surface area contributed by atoms with Gasteiger partial charge in [-0.15, -0.1) is 0 Å². The number of carbonyl (C=O) groups excluding carboxylic acids is 1. The molecule has 24 heavy (non-hydrogen) atoms. The molecule has 0 aliphatic carbocycles. The second kappa shape index (κ2) is 7.13. The predicted molar refractivity (Wildman–Crippen MR) is 85.2 cm³/mol. The van der Waals surface area contributed by atoms with Gasteiger partial charge in [-0.2, -0.15) is 13.2 Å². The number of nitrogens with zero attached hydrogens (tertiary/aromatic N) is 1. The van der Waals surface area contributed by atoms with Crippen LogP contribution in [0.4, 0.5) is 13.2 Å². The van der Waals surface area contributed by atoms with Crippen LogP contribution in [0.3, 0.4) is 0 Å². The number of halogens is 4. The Morgan fingerprint density at radius 3 is 2.54 bits per heavy atom. The van der Waals surface area contributed by atoms with Crippen LogP contribution >= 0.6 is 11.6 Å². The normalized spacial score (nSPS) is 11.2. The van der Waals surface area contributed by atoms with Crippen molar-refractivity contribution >= 4 is 17.5 Å². The van der Waals surface area contributed by atoms with Crippen LogP contribution in [0.1, 0.15) is 21.5 Å². The van der Waals surface area contributed by atoms with Crippen LogP contribution in [0.25, 0.3) is 0 Å². The minimum atomic E-state index is -4.50. The van der Waals surface area contributed by atoms with Crippen LogP contribution < -0.4 is 4.74 Å². The van der Waals surface area contributed by atoms with Gasteiger partial charge in [0, 0.05) is 29.7 Å². The molecule has 0 saturated carbocycles. The Hall–Kier alpha value is -2.21. The van der Waals surface area contributed by atoms with Crippen molar-refractivity contribution in [1.82, 2.24) is 4.90 Å². The predicted octanol–water partition coefficient (Wildman–Crippen LogP) is 4.64. The summed E-state index contributed by atoms with van der Waals surface area (Å²) in [7, 11) is 2.99. The number of hydrogen-bond donors (Lipinski definition) is 0. The maximum Gasteiger partial charge on any atom is 0.416 e. The number of hydrogen-bond acceptors (Lipinski definition) is 2. The monoisotopic (exact) mass is 357 g/mol. The number of ether oxygens (including phenoxy) is 1. The fourth-order valence-corrected chi connectivity index (χ4v) is 2.44. The van der Waals surface area contributed by atoms with Crippen molar-refractivity contribution in [2.24, 2.45) is 0 Å². The molecule has 0 spiro atoms. The molecule has 128 valence electrons. The van der Waals surface area contributed by atoms with E-state index in [1.165, 1.54) is 31.2 Å². The van der Waals surface area contributed by atoms with Crippen LogP contribution in [0.2, 0.25) is 5.02 Å². The third kappa shape index (κ3) is 4.20. The number of carbonyl (C=O) groups is 1. The van der Waals surface area contributed by atoms with Crippen molar-refractivity contribution in [2.45, 2.75) is 12.7 Å². The molecule has 0 aromatic heterocycles. The summed E-state index contributed by atoms with van der Waals surface area (Å²) >= 11 is 5.94. The van der Waals surface area contributed by atoms with Crippen molar-refractivity contribution < 1.29 is 22.7 Å². The zero-order valence-electron chi connectivity index (χ0n) is 13.0. The molecule has 0 fully saturated rings. The summed E-state index contributed by atoms with van der Waals surface area (Å²) in [5.41, 5.74) is -0.233. The van der Waals surface area contributed by atoms with E-state index in [2.05, 4.69) is 0 Å². The zero-order valence-corrected chi connectivity index (χ0v) is 13.8. The lowest BCUT2D eigenvalue weighted by Gasteiger charge is -2.19. The topological polar surface area (TPSA) is 29.5 Å². The Kier molecular flexibility index (Phi) is 5.39. The molecule has 2 aromatic carbocycles. The number of rotatable bonds is 4. The van der Waals surface area contributed by atoms with Crippen molar-refractivity contribution in [2.75, 3.05) is 14.2 Å². The van der Waals surface area contributed by atoms with E-state index in [0.717, 1.165) is 12.1 Å². The molecule has 0 N–H and O–H groups in total. The van der Waals surface area contributed by atoms with Crippen molar-refractivity contribution in [3.63, 3.8) is 0 Å². The smallest absolute Gasteiger partial charge is 0.416 e. The Morgan fingerprint density at radius 1 is 1.21 bits per heavy atom. The molecule has 1 amide bonds. The number of amides is 1. The second-order valence-electron chi connectivity index (χ2n) is 5.20. The lowest BCUT2D eigenvalue weighted by Crippen LogP contribution is -2.26. The Bertz CT molecular complexity index is 747. The van der Waals surface area contributed by atoms with E-state index in [1.54, 1.807) is 18.2 Å². The molecule has 0 aliphatic heterocycles. The molecular weight excluding hydrogens is 343 g/mol.